The third-order valence-electron chi connectivity index (χ3n) is 4.63. The van der Waals surface area contributed by atoms with E-state index in [1.807, 2.05) is 12.1 Å². The van der Waals surface area contributed by atoms with E-state index in [9.17, 15) is 4.39 Å². The van der Waals surface area contributed by atoms with E-state index in [0.29, 0.717) is 0 Å². The highest BCUT2D eigenvalue weighted by Gasteiger charge is 2.22. The lowest BCUT2D eigenvalue weighted by molar-refractivity contribution is 0.319. The lowest BCUT2D eigenvalue weighted by Gasteiger charge is -2.38. The van der Waals surface area contributed by atoms with Crippen LogP contribution in [0.3, 0.4) is 0 Å². The summed E-state index contributed by atoms with van der Waals surface area (Å²) in [5.74, 6) is -0.170. The lowest BCUT2D eigenvalue weighted by atomic mass is 10.1. The SMILES string of the molecule is Fc1ccc(N2CCN(C3=Cc4ccccc4C3)CC2)cc1. The molecule has 0 atom stereocenters. The van der Waals surface area contributed by atoms with Crippen molar-refractivity contribution in [2.45, 2.75) is 6.42 Å². The summed E-state index contributed by atoms with van der Waals surface area (Å²) >= 11 is 0. The fraction of sp³-hybridized carbons (Fsp3) is 0.263. The predicted octanol–water partition coefficient (Wildman–Crippen LogP) is 3.54. The van der Waals surface area contributed by atoms with Crippen LogP contribution in [-0.4, -0.2) is 31.1 Å². The van der Waals surface area contributed by atoms with Crippen molar-refractivity contribution >= 4 is 11.8 Å². The summed E-state index contributed by atoms with van der Waals surface area (Å²) in [5, 5.41) is 0. The van der Waals surface area contributed by atoms with Crippen LogP contribution in [0.15, 0.2) is 54.2 Å². The van der Waals surface area contributed by atoms with Crippen LogP contribution >= 0.6 is 0 Å². The third-order valence-corrected chi connectivity index (χ3v) is 4.63. The van der Waals surface area contributed by atoms with E-state index in [-0.39, 0.29) is 5.82 Å². The van der Waals surface area contributed by atoms with Gasteiger partial charge in [-0.3, -0.25) is 0 Å². The fourth-order valence-electron chi connectivity index (χ4n) is 3.37. The Hall–Kier alpha value is -2.29. The van der Waals surface area contributed by atoms with Gasteiger partial charge in [0.2, 0.25) is 0 Å². The molecule has 2 aromatic rings. The van der Waals surface area contributed by atoms with Crippen LogP contribution in [0, 0.1) is 5.82 Å². The second-order valence-corrected chi connectivity index (χ2v) is 5.96. The van der Waals surface area contributed by atoms with E-state index in [1.165, 1.54) is 29.0 Å². The average molecular weight is 294 g/mol. The molecule has 2 aromatic carbocycles. The molecule has 0 unspecified atom stereocenters. The summed E-state index contributed by atoms with van der Waals surface area (Å²) in [6.45, 7) is 4.02. The Bertz CT molecular complexity index is 698. The number of rotatable bonds is 2. The first-order valence-electron chi connectivity index (χ1n) is 7.83. The zero-order valence-electron chi connectivity index (χ0n) is 12.5. The molecule has 0 N–H and O–H groups in total. The number of fused-ring (bicyclic) bond motifs is 1. The minimum Gasteiger partial charge on any atom is -0.371 e. The standard InChI is InChI=1S/C19H19FN2/c20-17-5-7-18(8-6-17)21-9-11-22(12-10-21)19-13-15-3-1-2-4-16(15)14-19/h1-8,13H,9-12,14H2. The van der Waals surface area contributed by atoms with Gasteiger partial charge in [-0.25, -0.2) is 4.39 Å². The minimum absolute atomic E-state index is 0.170. The predicted molar refractivity (Wildman–Crippen MR) is 88.3 cm³/mol. The van der Waals surface area contributed by atoms with Crippen molar-refractivity contribution in [2.24, 2.45) is 0 Å². The maximum absolute atomic E-state index is 13.0. The van der Waals surface area contributed by atoms with E-state index in [1.54, 1.807) is 0 Å². The van der Waals surface area contributed by atoms with Crippen molar-refractivity contribution in [1.29, 1.82) is 0 Å². The molecule has 22 heavy (non-hydrogen) atoms. The van der Waals surface area contributed by atoms with Gasteiger partial charge in [-0.2, -0.15) is 0 Å². The van der Waals surface area contributed by atoms with Gasteiger partial charge in [0.1, 0.15) is 5.82 Å². The summed E-state index contributed by atoms with van der Waals surface area (Å²) in [6, 6.07) is 15.4. The minimum atomic E-state index is -0.170. The topological polar surface area (TPSA) is 6.48 Å². The number of piperazine rings is 1. The number of benzene rings is 2. The zero-order chi connectivity index (χ0) is 14.9. The summed E-state index contributed by atoms with van der Waals surface area (Å²) in [6.07, 6.45) is 3.37. The van der Waals surface area contributed by atoms with Crippen LogP contribution in [0.25, 0.3) is 6.08 Å². The lowest BCUT2D eigenvalue weighted by Crippen LogP contribution is -2.45. The number of nitrogens with zero attached hydrogens (tertiary/aromatic N) is 2. The molecule has 1 aliphatic carbocycles. The Morgan fingerprint density at radius 2 is 1.45 bits per heavy atom. The van der Waals surface area contributed by atoms with Crippen molar-refractivity contribution in [3.05, 3.63) is 71.2 Å². The van der Waals surface area contributed by atoms with Crippen molar-refractivity contribution in [3.63, 3.8) is 0 Å². The van der Waals surface area contributed by atoms with Crippen LogP contribution in [0.1, 0.15) is 11.1 Å². The second kappa shape index (κ2) is 5.48. The van der Waals surface area contributed by atoms with Crippen molar-refractivity contribution in [2.75, 3.05) is 31.1 Å². The summed E-state index contributed by atoms with van der Waals surface area (Å²) in [5.41, 5.74) is 5.33. The van der Waals surface area contributed by atoms with Gasteiger partial charge in [0.25, 0.3) is 0 Å². The number of anilines is 1. The first-order valence-corrected chi connectivity index (χ1v) is 7.83. The maximum Gasteiger partial charge on any atom is 0.123 e. The molecule has 3 heteroatoms. The van der Waals surface area contributed by atoms with Gasteiger partial charge in [0, 0.05) is 44.0 Å². The highest BCUT2D eigenvalue weighted by molar-refractivity contribution is 5.63. The molecular weight excluding hydrogens is 275 g/mol. The molecule has 1 heterocycles. The van der Waals surface area contributed by atoms with Gasteiger partial charge in [0.15, 0.2) is 0 Å². The molecule has 1 aliphatic heterocycles. The Kier molecular flexibility index (Phi) is 3.34. The Balaban J connectivity index is 1.42. The molecule has 0 bridgehead atoms. The van der Waals surface area contributed by atoms with E-state index in [4.69, 9.17) is 0 Å². The molecule has 1 saturated heterocycles. The molecule has 112 valence electrons. The average Bonchev–Trinajstić information content (AvgIpc) is 3.00. The van der Waals surface area contributed by atoms with Crippen LogP contribution in [0.2, 0.25) is 0 Å². The highest BCUT2D eigenvalue weighted by Crippen LogP contribution is 2.28. The van der Waals surface area contributed by atoms with Crippen LogP contribution in [-0.2, 0) is 6.42 Å². The molecule has 0 aromatic heterocycles. The molecule has 0 amide bonds. The molecule has 4 rings (SSSR count). The number of hydrogen-bond donors (Lipinski definition) is 0. The molecule has 2 aliphatic rings. The van der Waals surface area contributed by atoms with Gasteiger partial charge in [-0.15, -0.1) is 0 Å². The van der Waals surface area contributed by atoms with Gasteiger partial charge in [0.05, 0.1) is 0 Å². The highest BCUT2D eigenvalue weighted by atomic mass is 19.1. The third kappa shape index (κ3) is 2.47. The maximum atomic E-state index is 13.0. The molecule has 2 nitrogen and oxygen atoms in total. The Morgan fingerprint density at radius 3 is 2.18 bits per heavy atom. The molecule has 0 saturated carbocycles. The van der Waals surface area contributed by atoms with Gasteiger partial charge < -0.3 is 9.80 Å². The fourth-order valence-corrected chi connectivity index (χ4v) is 3.37. The largest absolute Gasteiger partial charge is 0.371 e. The van der Waals surface area contributed by atoms with E-state index in [0.717, 1.165) is 38.3 Å². The smallest absolute Gasteiger partial charge is 0.123 e. The number of hydrogen-bond acceptors (Lipinski definition) is 2. The first kappa shape index (κ1) is 13.4. The van der Waals surface area contributed by atoms with E-state index >= 15 is 0 Å². The van der Waals surface area contributed by atoms with Crippen molar-refractivity contribution in [1.82, 2.24) is 4.90 Å². The van der Waals surface area contributed by atoms with Crippen molar-refractivity contribution < 1.29 is 4.39 Å². The Morgan fingerprint density at radius 1 is 0.773 bits per heavy atom. The molecular formula is C19H19FN2. The Labute approximate surface area is 130 Å². The molecule has 0 spiro atoms. The van der Waals surface area contributed by atoms with E-state index in [2.05, 4.69) is 40.1 Å². The first-order chi connectivity index (χ1) is 10.8. The van der Waals surface area contributed by atoms with Crippen molar-refractivity contribution in [3.8, 4) is 0 Å². The van der Waals surface area contributed by atoms with Gasteiger partial charge >= 0.3 is 0 Å². The van der Waals surface area contributed by atoms with Gasteiger partial charge in [-0.1, -0.05) is 24.3 Å². The summed E-state index contributed by atoms with van der Waals surface area (Å²) < 4.78 is 13.0. The zero-order valence-corrected chi connectivity index (χ0v) is 12.5. The quantitative estimate of drug-likeness (QED) is 0.836. The monoisotopic (exact) mass is 294 g/mol. The van der Waals surface area contributed by atoms with Crippen LogP contribution in [0.5, 0.6) is 0 Å². The van der Waals surface area contributed by atoms with E-state index < -0.39 is 0 Å². The summed E-state index contributed by atoms with van der Waals surface area (Å²) in [4.78, 5) is 4.82. The van der Waals surface area contributed by atoms with Gasteiger partial charge in [-0.05, 0) is 41.5 Å². The summed E-state index contributed by atoms with van der Waals surface area (Å²) in [7, 11) is 0. The molecule has 1 fully saturated rings. The van der Waals surface area contributed by atoms with Crippen LogP contribution < -0.4 is 4.90 Å². The number of allylic oxidation sites excluding steroid dienone is 1. The van der Waals surface area contributed by atoms with Crippen LogP contribution in [0.4, 0.5) is 10.1 Å². The normalized spacial score (nSPS) is 17.4. The number of halogens is 1. The molecule has 0 radical (unpaired) electrons. The second-order valence-electron chi connectivity index (χ2n) is 5.96.